The van der Waals surface area contributed by atoms with Crippen molar-refractivity contribution in [3.05, 3.63) is 162 Å². The monoisotopic (exact) mass is 824 g/mol. The molecule has 0 spiro atoms. The van der Waals surface area contributed by atoms with Crippen LogP contribution in [0.2, 0.25) is 0 Å². The van der Waals surface area contributed by atoms with Crippen LogP contribution in [0.1, 0.15) is 95.1 Å². The van der Waals surface area contributed by atoms with E-state index in [-0.39, 0.29) is 5.84 Å². The van der Waals surface area contributed by atoms with E-state index in [1.165, 1.54) is 44.5 Å². The Morgan fingerprint density at radius 2 is 0.667 bits per heavy atom. The van der Waals surface area contributed by atoms with Gasteiger partial charge in [0.15, 0.2) is 0 Å². The van der Waals surface area contributed by atoms with Gasteiger partial charge in [-0.15, -0.1) is 0 Å². The van der Waals surface area contributed by atoms with Crippen LogP contribution in [0.25, 0.3) is 90.9 Å². The van der Waals surface area contributed by atoms with Gasteiger partial charge < -0.3 is 15.7 Å². The van der Waals surface area contributed by atoms with Gasteiger partial charge in [0.1, 0.15) is 5.84 Å². The van der Waals surface area contributed by atoms with E-state index < -0.39 is 0 Å². The maximum atomic E-state index is 9.14. The fourth-order valence-corrected chi connectivity index (χ4v) is 10.8. The molecular formula is C57H56N6. The van der Waals surface area contributed by atoms with Gasteiger partial charge in [0.05, 0.1) is 28.3 Å². The quantitative estimate of drug-likeness (QED) is 0.103. The molecule has 0 aliphatic carbocycles. The summed E-state index contributed by atoms with van der Waals surface area (Å²) >= 11 is 0. The highest BCUT2D eigenvalue weighted by molar-refractivity contribution is 6.11. The molecule has 3 aromatic heterocycles. The average molecular weight is 825 g/mol. The lowest BCUT2D eigenvalue weighted by atomic mass is 9.91. The second-order valence-electron chi connectivity index (χ2n) is 18.2. The number of benzene rings is 4. The van der Waals surface area contributed by atoms with Crippen molar-refractivity contribution in [2.24, 2.45) is 5.73 Å². The van der Waals surface area contributed by atoms with Gasteiger partial charge in [-0.3, -0.25) is 5.41 Å². The maximum Gasteiger partial charge on any atom is 0.125 e. The highest BCUT2D eigenvalue weighted by atomic mass is 14.8. The summed E-state index contributed by atoms with van der Waals surface area (Å²) < 4.78 is 0. The number of nitrogens with zero attached hydrogens (tertiary/aromatic N) is 2. The van der Waals surface area contributed by atoms with Crippen LogP contribution < -0.4 is 5.73 Å². The molecule has 5 N–H and O–H groups in total. The van der Waals surface area contributed by atoms with Crippen molar-refractivity contribution in [3.8, 4) is 44.5 Å². The van der Waals surface area contributed by atoms with Gasteiger partial charge in [-0.2, -0.15) is 0 Å². The van der Waals surface area contributed by atoms with Gasteiger partial charge in [0.2, 0.25) is 0 Å². The van der Waals surface area contributed by atoms with Crippen LogP contribution in [-0.4, -0.2) is 25.8 Å². The van der Waals surface area contributed by atoms with Gasteiger partial charge in [0, 0.05) is 44.4 Å². The molecule has 2 aliphatic heterocycles. The molecule has 6 heteroatoms. The lowest BCUT2D eigenvalue weighted by Crippen LogP contribution is -2.10. The zero-order chi connectivity index (χ0) is 44.8. The summed E-state index contributed by atoms with van der Waals surface area (Å²) in [7, 11) is 0. The molecule has 5 heterocycles. The van der Waals surface area contributed by atoms with Gasteiger partial charge in [0.25, 0.3) is 0 Å². The molecule has 314 valence electrons. The summed E-state index contributed by atoms with van der Waals surface area (Å²) in [6.45, 7) is 26.1. The maximum absolute atomic E-state index is 9.14. The number of H-pyrrole nitrogens is 2. The van der Waals surface area contributed by atoms with Crippen LogP contribution in [-0.2, 0) is 0 Å². The first-order chi connectivity index (χ1) is 30.0. The molecule has 0 saturated carbocycles. The SMILES string of the molecule is Cc1cc(C)c(-c2c3nc(c(-c4c(C)cc(C)cc4C)c4cc(C(=N)N)c([nH]4)c(-c4c(C)cc(C)cc4C)c4nc(c(-c5c(C)cc(C)cc5C)c5ccc2[nH]5)C=C4)C=C3)c(C)c1. The Balaban J connectivity index is 1.59. The Labute approximate surface area is 371 Å². The number of aryl methyl sites for hydroxylation is 12. The molecule has 8 bridgehead atoms. The lowest BCUT2D eigenvalue weighted by molar-refractivity contribution is 1.27. The van der Waals surface area contributed by atoms with Crippen LogP contribution in [0.3, 0.4) is 0 Å². The number of nitrogens with one attached hydrogen (secondary N) is 3. The molecule has 9 rings (SSSR count). The molecule has 2 aliphatic rings. The number of amidine groups is 1. The lowest BCUT2D eigenvalue weighted by Gasteiger charge is -2.15. The Morgan fingerprint density at radius 1 is 0.381 bits per heavy atom. The van der Waals surface area contributed by atoms with Crippen molar-refractivity contribution in [3.63, 3.8) is 0 Å². The molecule has 0 amide bonds. The molecule has 63 heavy (non-hydrogen) atoms. The summed E-state index contributed by atoms with van der Waals surface area (Å²) in [4.78, 5) is 19.1. The van der Waals surface area contributed by atoms with E-state index >= 15 is 0 Å². The summed E-state index contributed by atoms with van der Waals surface area (Å²) in [5.41, 5.74) is 36.6. The third-order valence-electron chi connectivity index (χ3n) is 12.9. The molecule has 0 fully saturated rings. The minimum atomic E-state index is -0.0253. The molecule has 6 nitrogen and oxygen atoms in total. The number of fused-ring (bicyclic) bond motifs is 8. The molecule has 0 saturated heterocycles. The highest BCUT2D eigenvalue weighted by Gasteiger charge is 2.25. The average Bonchev–Trinajstić information content (AvgIpc) is 4.02. The Morgan fingerprint density at radius 3 is 0.984 bits per heavy atom. The molecule has 4 aromatic carbocycles. The van der Waals surface area contributed by atoms with Crippen molar-refractivity contribution in [1.29, 1.82) is 5.41 Å². The van der Waals surface area contributed by atoms with E-state index in [2.05, 4.69) is 178 Å². The minimum absolute atomic E-state index is 0.0253. The zero-order valence-corrected chi connectivity index (χ0v) is 38.6. The van der Waals surface area contributed by atoms with Crippen molar-refractivity contribution < 1.29 is 0 Å². The number of rotatable bonds is 5. The first-order valence-corrected chi connectivity index (χ1v) is 21.9. The number of nitrogens with two attached hydrogens (primary N) is 1. The van der Waals surface area contributed by atoms with Crippen molar-refractivity contribution in [2.75, 3.05) is 0 Å². The van der Waals surface area contributed by atoms with Crippen molar-refractivity contribution >= 4 is 52.2 Å². The number of nitrogen functional groups attached to an aromatic ring is 1. The number of aromatic nitrogens is 4. The van der Waals surface area contributed by atoms with E-state index in [0.29, 0.717) is 5.56 Å². The van der Waals surface area contributed by atoms with Gasteiger partial charge in [-0.25, -0.2) is 9.97 Å². The third-order valence-corrected chi connectivity index (χ3v) is 12.9. The first kappa shape index (κ1) is 41.3. The molecule has 0 unspecified atom stereocenters. The predicted octanol–water partition coefficient (Wildman–Crippen LogP) is 14.3. The van der Waals surface area contributed by atoms with Gasteiger partial charge in [-0.05, 0) is 192 Å². The van der Waals surface area contributed by atoms with E-state index in [1.54, 1.807) is 0 Å². The Kier molecular flexibility index (Phi) is 10.1. The topological polar surface area (TPSA) is 107 Å². The first-order valence-electron chi connectivity index (χ1n) is 21.9. The van der Waals surface area contributed by atoms with Gasteiger partial charge >= 0.3 is 0 Å². The molecular weight excluding hydrogens is 769 g/mol. The second kappa shape index (κ2) is 15.4. The molecule has 0 radical (unpaired) electrons. The third kappa shape index (κ3) is 7.04. The molecule has 0 atom stereocenters. The highest BCUT2D eigenvalue weighted by Crippen LogP contribution is 2.44. The minimum Gasteiger partial charge on any atom is -0.384 e. The Bertz CT molecular complexity index is 3290. The normalized spacial score (nSPS) is 12.1. The van der Waals surface area contributed by atoms with Crippen LogP contribution in [0.4, 0.5) is 0 Å². The summed E-state index contributed by atoms with van der Waals surface area (Å²) in [6, 6.07) is 24.4. The van der Waals surface area contributed by atoms with Crippen molar-refractivity contribution in [1.82, 2.24) is 19.9 Å². The largest absolute Gasteiger partial charge is 0.384 e. The van der Waals surface area contributed by atoms with Crippen LogP contribution >= 0.6 is 0 Å². The van der Waals surface area contributed by atoms with E-state index in [1.807, 2.05) is 6.07 Å². The number of aromatic amines is 2. The second-order valence-corrected chi connectivity index (χ2v) is 18.2. The number of hydrogen-bond acceptors (Lipinski definition) is 3. The summed E-state index contributed by atoms with van der Waals surface area (Å²) in [6.07, 6.45) is 8.60. The fourth-order valence-electron chi connectivity index (χ4n) is 10.8. The van der Waals surface area contributed by atoms with Crippen LogP contribution in [0.15, 0.2) is 66.7 Å². The predicted molar refractivity (Wildman–Crippen MR) is 268 cm³/mol. The van der Waals surface area contributed by atoms with E-state index in [4.69, 9.17) is 21.1 Å². The van der Waals surface area contributed by atoms with E-state index in [9.17, 15) is 0 Å². The number of hydrogen-bond donors (Lipinski definition) is 4. The summed E-state index contributed by atoms with van der Waals surface area (Å²) in [5, 5.41) is 9.14. The fraction of sp³-hybridized carbons (Fsp3) is 0.211. The zero-order valence-electron chi connectivity index (χ0n) is 38.6. The van der Waals surface area contributed by atoms with Crippen molar-refractivity contribution in [2.45, 2.75) is 83.1 Å². The van der Waals surface area contributed by atoms with Crippen LogP contribution in [0, 0.1) is 88.5 Å². The smallest absolute Gasteiger partial charge is 0.125 e. The molecule has 7 aromatic rings. The van der Waals surface area contributed by atoms with E-state index in [0.717, 1.165) is 112 Å². The summed E-state index contributed by atoms with van der Waals surface area (Å²) in [5.74, 6) is -0.0253. The van der Waals surface area contributed by atoms with Crippen LogP contribution in [0.5, 0.6) is 0 Å². The Hall–Kier alpha value is -7.05. The van der Waals surface area contributed by atoms with Gasteiger partial charge in [-0.1, -0.05) is 70.8 Å². The standard InChI is InChI=1S/C57H56N6/c1-28-19-32(5)48(33(6)20-28)52-41-13-14-42(60-41)53(49-34(7)21-29(2)22-35(49)8)44-17-18-46(62-44)55(51-38(11)25-31(4)26-39(51)12)56-40(57(58)59)27-47(63-56)54(45-16-15-43(52)61-45)50-36(9)23-30(3)24-37(50)10/h13-27,60,63H,1-12H3,(H3,58,59).